The molecule has 0 fully saturated rings. The van der Waals surface area contributed by atoms with E-state index in [1.807, 2.05) is 0 Å². The number of hydrogen-bond acceptors (Lipinski definition) is 4. The van der Waals surface area contributed by atoms with Crippen LogP contribution in [-0.2, 0) is 0 Å². The fourth-order valence-electron chi connectivity index (χ4n) is 5.50. The summed E-state index contributed by atoms with van der Waals surface area (Å²) in [5.74, 6) is 1.74. The Bertz CT molecular complexity index is 1790. The molecule has 4 nitrogen and oxygen atoms in total. The molecule has 6 aromatic rings. The molecular formula is C34H22N4. The quantitative estimate of drug-likeness (QED) is 0.263. The van der Waals surface area contributed by atoms with Crippen LogP contribution in [-0.4, -0.2) is 11.7 Å². The van der Waals surface area contributed by atoms with Crippen molar-refractivity contribution >= 4 is 56.0 Å². The van der Waals surface area contributed by atoms with Crippen LogP contribution in [0.25, 0.3) is 32.7 Å². The topological polar surface area (TPSA) is 48.8 Å². The Balaban J connectivity index is 1.08. The molecule has 2 N–H and O–H groups in total. The summed E-state index contributed by atoms with van der Waals surface area (Å²) in [5, 5.41) is 11.8. The summed E-state index contributed by atoms with van der Waals surface area (Å²) in [6, 6.07) is 42.3. The molecule has 2 aliphatic heterocycles. The molecule has 4 heteroatoms. The largest absolute Gasteiger partial charge is 0.339 e. The molecule has 0 saturated heterocycles. The van der Waals surface area contributed by atoms with E-state index in [9.17, 15) is 0 Å². The molecule has 0 saturated carbocycles. The highest BCUT2D eigenvalue weighted by Crippen LogP contribution is 2.38. The molecule has 0 radical (unpaired) electrons. The standard InChI is InChI=1S/C34H22N4/c1-5-23-6-2-10-28-31(23)27(9-1)35-33(36-28)25-17-13-21(14-18-25)22-15-19-26(20-16-22)34-37-29-11-3-7-24-8-4-12-30(38-34)32(24)29/h1-20H,(H,35,36)(H,37,38). The van der Waals surface area contributed by atoms with Gasteiger partial charge in [-0.25, -0.2) is 9.98 Å². The summed E-state index contributed by atoms with van der Waals surface area (Å²) in [5.41, 5.74) is 8.65. The van der Waals surface area contributed by atoms with E-state index in [1.54, 1.807) is 0 Å². The lowest BCUT2D eigenvalue weighted by Crippen LogP contribution is -2.16. The third kappa shape index (κ3) is 3.31. The van der Waals surface area contributed by atoms with Gasteiger partial charge in [0.25, 0.3) is 0 Å². The van der Waals surface area contributed by atoms with Crippen molar-refractivity contribution in [1.82, 2.24) is 0 Å². The van der Waals surface area contributed by atoms with Crippen LogP contribution in [0.4, 0.5) is 22.7 Å². The minimum atomic E-state index is 0.870. The summed E-state index contributed by atoms with van der Waals surface area (Å²) in [6.07, 6.45) is 0. The second-order valence-corrected chi connectivity index (χ2v) is 9.69. The Morgan fingerprint density at radius 2 is 0.737 bits per heavy atom. The molecule has 0 unspecified atom stereocenters. The van der Waals surface area contributed by atoms with Gasteiger partial charge in [-0.15, -0.1) is 0 Å². The van der Waals surface area contributed by atoms with Crippen molar-refractivity contribution in [2.45, 2.75) is 0 Å². The Kier molecular flexibility index (Phi) is 4.49. The second kappa shape index (κ2) is 8.15. The fraction of sp³-hybridized carbons (Fsp3) is 0. The number of benzene rings is 6. The molecule has 2 aliphatic rings. The van der Waals surface area contributed by atoms with Crippen LogP contribution in [0.15, 0.2) is 131 Å². The van der Waals surface area contributed by atoms with Gasteiger partial charge in [0.15, 0.2) is 0 Å². The van der Waals surface area contributed by atoms with E-state index in [0.717, 1.165) is 56.7 Å². The van der Waals surface area contributed by atoms with Crippen molar-refractivity contribution in [1.29, 1.82) is 0 Å². The lowest BCUT2D eigenvalue weighted by molar-refractivity contribution is 1.45. The van der Waals surface area contributed by atoms with Crippen molar-refractivity contribution in [3.05, 3.63) is 132 Å². The highest BCUT2D eigenvalue weighted by atomic mass is 15.0. The van der Waals surface area contributed by atoms with E-state index in [1.165, 1.54) is 21.5 Å². The van der Waals surface area contributed by atoms with Crippen LogP contribution in [0.2, 0.25) is 0 Å². The van der Waals surface area contributed by atoms with E-state index in [0.29, 0.717) is 0 Å². The van der Waals surface area contributed by atoms with E-state index >= 15 is 0 Å². The lowest BCUT2D eigenvalue weighted by Gasteiger charge is -2.19. The average Bonchev–Trinajstić information content (AvgIpc) is 2.98. The number of nitrogens with zero attached hydrogens (tertiary/aromatic N) is 2. The number of rotatable bonds is 3. The first-order valence-electron chi connectivity index (χ1n) is 12.8. The molecule has 0 aliphatic carbocycles. The first-order valence-corrected chi connectivity index (χ1v) is 12.8. The molecule has 38 heavy (non-hydrogen) atoms. The summed E-state index contributed by atoms with van der Waals surface area (Å²) in [4.78, 5) is 9.83. The van der Waals surface area contributed by atoms with Crippen LogP contribution < -0.4 is 10.6 Å². The number of nitrogens with one attached hydrogen (secondary N) is 2. The summed E-state index contributed by atoms with van der Waals surface area (Å²) >= 11 is 0. The van der Waals surface area contributed by atoms with E-state index < -0.39 is 0 Å². The molecular weight excluding hydrogens is 464 g/mol. The SMILES string of the molecule is c1cc2c3c(cccc3c1)NC(c1ccc(-c3ccc(C4=Nc5cccc6cccc(c56)N4)cc3)cc1)=N2. The Labute approximate surface area is 220 Å². The molecule has 178 valence electrons. The fourth-order valence-corrected chi connectivity index (χ4v) is 5.50. The summed E-state index contributed by atoms with van der Waals surface area (Å²) in [7, 11) is 0. The molecule has 0 atom stereocenters. The number of hydrogen-bond donors (Lipinski definition) is 2. The van der Waals surface area contributed by atoms with Gasteiger partial charge in [0.2, 0.25) is 0 Å². The minimum absolute atomic E-state index is 0.870. The highest BCUT2D eigenvalue weighted by Gasteiger charge is 2.17. The molecule has 0 aromatic heterocycles. The molecule has 6 aromatic carbocycles. The van der Waals surface area contributed by atoms with Gasteiger partial charge in [0.05, 0.1) is 11.4 Å². The zero-order valence-electron chi connectivity index (χ0n) is 20.4. The third-order valence-corrected chi connectivity index (χ3v) is 7.39. The number of aliphatic imine (C=N–C) groups is 2. The monoisotopic (exact) mass is 486 g/mol. The summed E-state index contributed by atoms with van der Waals surface area (Å²) < 4.78 is 0. The second-order valence-electron chi connectivity index (χ2n) is 9.69. The predicted molar refractivity (Wildman–Crippen MR) is 159 cm³/mol. The first-order chi connectivity index (χ1) is 18.8. The number of anilines is 2. The van der Waals surface area contributed by atoms with Crippen molar-refractivity contribution in [2.75, 3.05) is 10.6 Å². The molecule has 2 heterocycles. The van der Waals surface area contributed by atoms with Gasteiger partial charge in [-0.2, -0.15) is 0 Å². The van der Waals surface area contributed by atoms with E-state index in [-0.39, 0.29) is 0 Å². The summed E-state index contributed by atoms with van der Waals surface area (Å²) in [6.45, 7) is 0. The van der Waals surface area contributed by atoms with E-state index in [2.05, 4.69) is 132 Å². The molecule has 8 rings (SSSR count). The van der Waals surface area contributed by atoms with Gasteiger partial charge < -0.3 is 10.6 Å². The Hall–Kier alpha value is -5.22. The van der Waals surface area contributed by atoms with Crippen LogP contribution in [0.3, 0.4) is 0 Å². The van der Waals surface area contributed by atoms with Crippen molar-refractivity contribution in [2.24, 2.45) is 9.98 Å². The zero-order chi connectivity index (χ0) is 25.1. The van der Waals surface area contributed by atoms with Gasteiger partial charge in [-0.05, 0) is 46.2 Å². The first kappa shape index (κ1) is 20.9. The predicted octanol–water partition coefficient (Wildman–Crippen LogP) is 8.67. The molecule has 0 spiro atoms. The normalized spacial score (nSPS) is 13.5. The zero-order valence-corrected chi connectivity index (χ0v) is 20.4. The number of amidine groups is 2. The van der Waals surface area contributed by atoms with Gasteiger partial charge in [0, 0.05) is 33.3 Å². The average molecular weight is 487 g/mol. The molecule has 0 amide bonds. The third-order valence-electron chi connectivity index (χ3n) is 7.39. The van der Waals surface area contributed by atoms with Gasteiger partial charge in [-0.1, -0.05) is 97.1 Å². The van der Waals surface area contributed by atoms with Crippen LogP contribution in [0.1, 0.15) is 11.1 Å². The van der Waals surface area contributed by atoms with Crippen molar-refractivity contribution < 1.29 is 0 Å². The van der Waals surface area contributed by atoms with Gasteiger partial charge >= 0.3 is 0 Å². The maximum atomic E-state index is 4.92. The van der Waals surface area contributed by atoms with Gasteiger partial charge in [-0.3, -0.25) is 0 Å². The Morgan fingerprint density at radius 3 is 1.16 bits per heavy atom. The maximum absolute atomic E-state index is 4.92. The van der Waals surface area contributed by atoms with Crippen molar-refractivity contribution in [3.63, 3.8) is 0 Å². The van der Waals surface area contributed by atoms with Crippen molar-refractivity contribution in [3.8, 4) is 11.1 Å². The van der Waals surface area contributed by atoms with Crippen LogP contribution in [0.5, 0.6) is 0 Å². The minimum Gasteiger partial charge on any atom is -0.339 e. The smallest absolute Gasteiger partial charge is 0.138 e. The van der Waals surface area contributed by atoms with Gasteiger partial charge in [0.1, 0.15) is 11.7 Å². The van der Waals surface area contributed by atoms with Crippen LogP contribution in [0, 0.1) is 0 Å². The maximum Gasteiger partial charge on any atom is 0.138 e. The molecule has 0 bridgehead atoms. The highest BCUT2D eigenvalue weighted by molar-refractivity contribution is 6.20. The van der Waals surface area contributed by atoms with Crippen LogP contribution >= 0.6 is 0 Å². The Morgan fingerprint density at radius 1 is 0.368 bits per heavy atom. The van der Waals surface area contributed by atoms with E-state index in [4.69, 9.17) is 9.98 Å². The lowest BCUT2D eigenvalue weighted by atomic mass is 10.00.